The molecule has 0 N–H and O–H groups in total. The Kier molecular flexibility index (Phi) is 6.09. The molecule has 0 amide bonds. The number of ether oxygens (including phenoxy) is 1. The summed E-state index contributed by atoms with van der Waals surface area (Å²) >= 11 is 3.28. The van der Waals surface area contributed by atoms with Crippen LogP contribution in [0.15, 0.2) is 33.6 Å². The van der Waals surface area contributed by atoms with Crippen LogP contribution in [0.4, 0.5) is 0 Å². The lowest BCUT2D eigenvalue weighted by Crippen LogP contribution is -2.47. The van der Waals surface area contributed by atoms with Crippen LogP contribution in [-0.4, -0.2) is 49.8 Å². The van der Waals surface area contributed by atoms with E-state index in [-0.39, 0.29) is 11.0 Å². The molecule has 0 radical (unpaired) electrons. The van der Waals surface area contributed by atoms with E-state index in [0.29, 0.717) is 6.54 Å². The van der Waals surface area contributed by atoms with E-state index in [1.807, 2.05) is 0 Å². The lowest BCUT2D eigenvalue weighted by molar-refractivity contribution is -0.153. The van der Waals surface area contributed by atoms with Gasteiger partial charge in [-0.25, -0.2) is 8.42 Å². The largest absolute Gasteiger partial charge is 0.460 e. The van der Waals surface area contributed by atoms with Gasteiger partial charge in [-0.1, -0.05) is 22.9 Å². The summed E-state index contributed by atoms with van der Waals surface area (Å²) in [6.07, 6.45) is 1.48. The SMILES string of the molecule is CCN1CCCC(OC(=O)C(C)(C)S(=O)(=O)c2ccc(Br)cc2)C1. The zero-order chi connectivity index (χ0) is 18.0. The van der Waals surface area contributed by atoms with Gasteiger partial charge in [-0.2, -0.15) is 0 Å². The maximum atomic E-state index is 12.8. The van der Waals surface area contributed by atoms with E-state index in [1.54, 1.807) is 12.1 Å². The molecular weight excluding hydrogens is 394 g/mol. The molecule has 0 bridgehead atoms. The van der Waals surface area contributed by atoms with Crippen molar-refractivity contribution >= 4 is 31.7 Å². The molecule has 0 spiro atoms. The van der Waals surface area contributed by atoms with Crippen molar-refractivity contribution in [3.63, 3.8) is 0 Å². The van der Waals surface area contributed by atoms with Crippen LogP contribution < -0.4 is 0 Å². The third-order valence-electron chi connectivity index (χ3n) is 4.47. The number of halogens is 1. The fraction of sp³-hybridized carbons (Fsp3) is 0.588. The van der Waals surface area contributed by atoms with Crippen molar-refractivity contribution in [1.82, 2.24) is 4.90 Å². The summed E-state index contributed by atoms with van der Waals surface area (Å²) in [4.78, 5) is 14.9. The van der Waals surface area contributed by atoms with Crippen LogP contribution in [0.5, 0.6) is 0 Å². The second kappa shape index (κ2) is 7.54. The van der Waals surface area contributed by atoms with Crippen LogP contribution in [0.25, 0.3) is 0 Å². The summed E-state index contributed by atoms with van der Waals surface area (Å²) in [7, 11) is -3.83. The van der Waals surface area contributed by atoms with Gasteiger partial charge >= 0.3 is 5.97 Å². The monoisotopic (exact) mass is 417 g/mol. The Morgan fingerprint density at radius 3 is 2.54 bits per heavy atom. The number of sulfone groups is 1. The molecule has 2 rings (SSSR count). The summed E-state index contributed by atoms with van der Waals surface area (Å²) in [6, 6.07) is 6.28. The van der Waals surface area contributed by atoms with Crippen molar-refractivity contribution in [3.8, 4) is 0 Å². The molecule has 1 aliphatic heterocycles. The van der Waals surface area contributed by atoms with Crippen LogP contribution in [0.1, 0.15) is 33.6 Å². The van der Waals surface area contributed by atoms with Crippen LogP contribution in [-0.2, 0) is 19.4 Å². The van der Waals surface area contributed by atoms with E-state index in [0.717, 1.165) is 30.4 Å². The van der Waals surface area contributed by atoms with Crippen LogP contribution in [0.3, 0.4) is 0 Å². The normalized spacial score (nSPS) is 19.9. The van der Waals surface area contributed by atoms with Crippen LogP contribution in [0, 0.1) is 0 Å². The number of rotatable bonds is 5. The van der Waals surface area contributed by atoms with Gasteiger partial charge in [0.1, 0.15) is 6.10 Å². The molecule has 1 unspecified atom stereocenters. The maximum Gasteiger partial charge on any atom is 0.327 e. The summed E-state index contributed by atoms with van der Waals surface area (Å²) in [5, 5.41) is 0. The maximum absolute atomic E-state index is 12.8. The molecule has 1 aliphatic rings. The molecule has 24 heavy (non-hydrogen) atoms. The Morgan fingerprint density at radius 2 is 1.96 bits per heavy atom. The van der Waals surface area contributed by atoms with E-state index in [9.17, 15) is 13.2 Å². The van der Waals surface area contributed by atoms with Gasteiger partial charge in [0.15, 0.2) is 14.6 Å². The molecule has 1 atom stereocenters. The molecule has 7 heteroatoms. The summed E-state index contributed by atoms with van der Waals surface area (Å²) in [5.41, 5.74) is 0. The molecular formula is C17H24BrNO4S. The third-order valence-corrected chi connectivity index (χ3v) is 7.40. The van der Waals surface area contributed by atoms with Gasteiger partial charge in [0, 0.05) is 11.0 Å². The lowest BCUT2D eigenvalue weighted by Gasteiger charge is -2.33. The van der Waals surface area contributed by atoms with Gasteiger partial charge in [0.05, 0.1) is 4.90 Å². The standard InChI is InChI=1S/C17H24BrNO4S/c1-4-19-11-5-6-14(12-19)23-16(20)17(2,3)24(21,22)15-9-7-13(18)8-10-15/h7-10,14H,4-6,11-12H2,1-3H3. The molecule has 0 aliphatic carbocycles. The Morgan fingerprint density at radius 1 is 1.33 bits per heavy atom. The topological polar surface area (TPSA) is 63.7 Å². The number of piperidine rings is 1. The lowest BCUT2D eigenvalue weighted by atomic mass is 10.1. The number of likely N-dealkylation sites (tertiary alicyclic amines) is 1. The predicted octanol–water partition coefficient (Wildman–Crippen LogP) is 3.03. The minimum Gasteiger partial charge on any atom is -0.460 e. The quantitative estimate of drug-likeness (QED) is 0.688. The fourth-order valence-corrected chi connectivity index (χ4v) is 4.32. The van der Waals surface area contributed by atoms with E-state index >= 15 is 0 Å². The second-order valence-corrected chi connectivity index (χ2v) is 9.95. The Bertz CT molecular complexity index is 685. The van der Waals surface area contributed by atoms with Gasteiger partial charge < -0.3 is 4.74 Å². The molecule has 1 aromatic rings. The van der Waals surface area contributed by atoms with E-state index in [1.165, 1.54) is 26.0 Å². The number of esters is 1. The summed E-state index contributed by atoms with van der Waals surface area (Å²) in [6.45, 7) is 7.43. The second-order valence-electron chi connectivity index (χ2n) is 6.53. The zero-order valence-electron chi connectivity index (χ0n) is 14.3. The Hall–Kier alpha value is -0.920. The zero-order valence-corrected chi connectivity index (χ0v) is 16.7. The first-order valence-corrected chi connectivity index (χ1v) is 10.4. The fourth-order valence-electron chi connectivity index (χ4n) is 2.71. The van der Waals surface area contributed by atoms with E-state index in [2.05, 4.69) is 27.8 Å². The smallest absolute Gasteiger partial charge is 0.327 e. The first-order chi connectivity index (χ1) is 11.2. The number of nitrogens with zero attached hydrogens (tertiary/aromatic N) is 1. The first kappa shape index (κ1) is 19.4. The predicted molar refractivity (Wildman–Crippen MR) is 96.6 cm³/mol. The number of hydrogen-bond donors (Lipinski definition) is 0. The average molecular weight is 418 g/mol. The molecule has 1 fully saturated rings. The van der Waals surface area contributed by atoms with Crippen LogP contribution in [0.2, 0.25) is 0 Å². The van der Waals surface area contributed by atoms with Crippen molar-refractivity contribution in [3.05, 3.63) is 28.7 Å². The molecule has 0 saturated carbocycles. The summed E-state index contributed by atoms with van der Waals surface area (Å²) < 4.78 is 30.4. The molecule has 1 heterocycles. The minimum absolute atomic E-state index is 0.117. The van der Waals surface area contributed by atoms with Gasteiger partial charge in [0.25, 0.3) is 0 Å². The number of hydrogen-bond acceptors (Lipinski definition) is 5. The third kappa shape index (κ3) is 4.00. The number of benzene rings is 1. The van der Waals surface area contributed by atoms with Crippen LogP contribution >= 0.6 is 15.9 Å². The Balaban J connectivity index is 2.15. The van der Waals surface area contributed by atoms with Crippen molar-refractivity contribution in [1.29, 1.82) is 0 Å². The van der Waals surface area contributed by atoms with Gasteiger partial charge in [-0.15, -0.1) is 0 Å². The molecule has 134 valence electrons. The highest BCUT2D eigenvalue weighted by Crippen LogP contribution is 2.29. The van der Waals surface area contributed by atoms with Crippen molar-refractivity contribution in [2.45, 2.75) is 49.4 Å². The minimum atomic E-state index is -3.83. The Labute approximate surface area is 152 Å². The molecule has 5 nitrogen and oxygen atoms in total. The molecule has 1 saturated heterocycles. The van der Waals surface area contributed by atoms with Crippen molar-refractivity contribution < 1.29 is 17.9 Å². The summed E-state index contributed by atoms with van der Waals surface area (Å²) in [5.74, 6) is -0.687. The number of carbonyl (C=O) groups is 1. The highest BCUT2D eigenvalue weighted by atomic mass is 79.9. The van der Waals surface area contributed by atoms with E-state index < -0.39 is 20.6 Å². The molecule has 1 aromatic carbocycles. The number of likely N-dealkylation sites (N-methyl/N-ethyl adjacent to an activating group) is 1. The average Bonchev–Trinajstić information content (AvgIpc) is 2.55. The highest BCUT2D eigenvalue weighted by Gasteiger charge is 2.45. The first-order valence-electron chi connectivity index (χ1n) is 8.12. The number of carbonyl (C=O) groups excluding carboxylic acids is 1. The van der Waals surface area contributed by atoms with Gasteiger partial charge in [-0.3, -0.25) is 9.69 Å². The molecule has 0 aromatic heterocycles. The van der Waals surface area contributed by atoms with Crippen molar-refractivity contribution in [2.24, 2.45) is 0 Å². The van der Waals surface area contributed by atoms with Gasteiger partial charge in [0.2, 0.25) is 0 Å². The highest BCUT2D eigenvalue weighted by molar-refractivity contribution is 9.10. The van der Waals surface area contributed by atoms with E-state index in [4.69, 9.17) is 4.74 Å². The van der Waals surface area contributed by atoms with Crippen molar-refractivity contribution in [2.75, 3.05) is 19.6 Å². The van der Waals surface area contributed by atoms with Gasteiger partial charge in [-0.05, 0) is 64.0 Å².